The van der Waals surface area contributed by atoms with Gasteiger partial charge in [-0.2, -0.15) is 5.10 Å². The predicted molar refractivity (Wildman–Crippen MR) is 66.8 cm³/mol. The van der Waals surface area contributed by atoms with Crippen molar-refractivity contribution in [3.8, 4) is 0 Å². The first-order valence-electron chi connectivity index (χ1n) is 5.93. The predicted octanol–water partition coefficient (Wildman–Crippen LogP) is 2.21. The Morgan fingerprint density at radius 3 is 2.82 bits per heavy atom. The Kier molecular flexibility index (Phi) is 3.64. The van der Waals surface area contributed by atoms with Crippen molar-refractivity contribution in [2.24, 2.45) is 7.05 Å². The number of hydrogen-bond donors (Lipinski definition) is 1. The average molecular weight is 233 g/mol. The lowest BCUT2D eigenvalue weighted by Crippen LogP contribution is -2.21. The van der Waals surface area contributed by atoms with Gasteiger partial charge in [-0.05, 0) is 32.0 Å². The second-order valence-corrected chi connectivity index (χ2v) is 4.35. The summed E-state index contributed by atoms with van der Waals surface area (Å²) in [7, 11) is 1.94. The van der Waals surface area contributed by atoms with E-state index in [2.05, 4.69) is 17.3 Å². The van der Waals surface area contributed by atoms with E-state index in [1.54, 1.807) is 0 Å². The first-order chi connectivity index (χ1) is 8.15. The van der Waals surface area contributed by atoms with Crippen LogP contribution in [0.3, 0.4) is 0 Å². The zero-order valence-corrected chi connectivity index (χ0v) is 10.6. The number of hydrogen-bond acceptors (Lipinski definition) is 3. The van der Waals surface area contributed by atoms with E-state index < -0.39 is 0 Å². The molecular weight excluding hydrogens is 214 g/mol. The number of nitrogens with one attached hydrogen (secondary N) is 1. The molecule has 2 aromatic rings. The van der Waals surface area contributed by atoms with E-state index in [1.165, 1.54) is 0 Å². The third kappa shape index (κ3) is 3.20. The summed E-state index contributed by atoms with van der Waals surface area (Å²) >= 11 is 0. The lowest BCUT2D eigenvalue weighted by Gasteiger charge is -2.10. The molecule has 0 bridgehead atoms. The van der Waals surface area contributed by atoms with Gasteiger partial charge >= 0.3 is 0 Å². The van der Waals surface area contributed by atoms with Crippen LogP contribution in [0.25, 0.3) is 0 Å². The maximum absolute atomic E-state index is 5.57. The molecule has 0 amide bonds. The molecule has 2 aromatic heterocycles. The maximum atomic E-state index is 5.57. The first-order valence-corrected chi connectivity index (χ1v) is 5.93. The highest BCUT2D eigenvalue weighted by molar-refractivity contribution is 5.09. The van der Waals surface area contributed by atoms with Gasteiger partial charge in [0.15, 0.2) is 0 Å². The monoisotopic (exact) mass is 233 g/mol. The van der Waals surface area contributed by atoms with Crippen LogP contribution >= 0.6 is 0 Å². The largest absolute Gasteiger partial charge is 0.465 e. The summed E-state index contributed by atoms with van der Waals surface area (Å²) in [5.41, 5.74) is 1.11. The molecule has 17 heavy (non-hydrogen) atoms. The van der Waals surface area contributed by atoms with Crippen molar-refractivity contribution in [3.63, 3.8) is 0 Å². The minimum absolute atomic E-state index is 0.243. The van der Waals surface area contributed by atoms with Crippen molar-refractivity contribution >= 4 is 0 Å². The summed E-state index contributed by atoms with van der Waals surface area (Å²) in [6.07, 6.45) is 2.90. The molecule has 2 rings (SSSR count). The van der Waals surface area contributed by atoms with Crippen LogP contribution in [0.1, 0.15) is 30.2 Å². The molecule has 1 atom stereocenters. The fraction of sp³-hybridized carbons (Fsp3) is 0.462. The molecule has 92 valence electrons. The molecule has 0 fully saturated rings. The van der Waals surface area contributed by atoms with Crippen LogP contribution in [0, 0.1) is 6.92 Å². The van der Waals surface area contributed by atoms with Gasteiger partial charge in [-0.25, -0.2) is 0 Å². The van der Waals surface area contributed by atoms with Gasteiger partial charge in [0, 0.05) is 26.2 Å². The van der Waals surface area contributed by atoms with Gasteiger partial charge in [-0.15, -0.1) is 0 Å². The Bertz CT molecular complexity index is 472. The molecule has 1 N–H and O–H groups in total. The Morgan fingerprint density at radius 2 is 2.24 bits per heavy atom. The Labute approximate surface area is 102 Å². The lowest BCUT2D eigenvalue weighted by molar-refractivity contribution is 0.417. The molecular formula is C13H19N3O. The molecule has 4 heteroatoms. The number of furan rings is 1. The highest BCUT2D eigenvalue weighted by Crippen LogP contribution is 2.15. The highest BCUT2D eigenvalue weighted by atomic mass is 16.3. The lowest BCUT2D eigenvalue weighted by atomic mass is 10.2. The van der Waals surface area contributed by atoms with Gasteiger partial charge in [-0.1, -0.05) is 0 Å². The van der Waals surface area contributed by atoms with Gasteiger partial charge in [0.1, 0.15) is 11.5 Å². The van der Waals surface area contributed by atoms with Crippen molar-refractivity contribution < 1.29 is 4.42 Å². The smallest absolute Gasteiger partial charge is 0.120 e. The Morgan fingerprint density at radius 1 is 1.41 bits per heavy atom. The van der Waals surface area contributed by atoms with E-state index in [9.17, 15) is 0 Å². The molecule has 0 aromatic carbocycles. The number of aryl methyl sites for hydroxylation is 2. The minimum Gasteiger partial charge on any atom is -0.465 e. The summed E-state index contributed by atoms with van der Waals surface area (Å²) in [4.78, 5) is 0. The molecule has 0 spiro atoms. The molecule has 4 nitrogen and oxygen atoms in total. The van der Waals surface area contributed by atoms with Crippen LogP contribution in [0.15, 0.2) is 28.8 Å². The second-order valence-electron chi connectivity index (χ2n) is 4.35. The van der Waals surface area contributed by atoms with Crippen molar-refractivity contribution in [1.82, 2.24) is 15.1 Å². The average Bonchev–Trinajstić information content (AvgIpc) is 2.88. The summed E-state index contributed by atoms with van der Waals surface area (Å²) < 4.78 is 7.40. The van der Waals surface area contributed by atoms with E-state index in [0.717, 1.165) is 30.2 Å². The molecule has 0 radical (unpaired) electrons. The van der Waals surface area contributed by atoms with Crippen molar-refractivity contribution in [2.75, 3.05) is 6.54 Å². The summed E-state index contributed by atoms with van der Waals surface area (Å²) in [5, 5.41) is 7.76. The van der Waals surface area contributed by atoms with Gasteiger partial charge < -0.3 is 9.73 Å². The topological polar surface area (TPSA) is 43.0 Å². The van der Waals surface area contributed by atoms with Crippen LogP contribution in [0.4, 0.5) is 0 Å². The molecule has 2 heterocycles. The van der Waals surface area contributed by atoms with E-state index in [-0.39, 0.29) is 6.04 Å². The zero-order valence-electron chi connectivity index (χ0n) is 10.6. The van der Waals surface area contributed by atoms with Crippen molar-refractivity contribution in [2.45, 2.75) is 26.3 Å². The van der Waals surface area contributed by atoms with Gasteiger partial charge in [-0.3, -0.25) is 4.68 Å². The Balaban J connectivity index is 1.78. The highest BCUT2D eigenvalue weighted by Gasteiger charge is 2.08. The van der Waals surface area contributed by atoms with Crippen LogP contribution in [-0.4, -0.2) is 16.3 Å². The normalized spacial score (nSPS) is 12.9. The van der Waals surface area contributed by atoms with E-state index in [4.69, 9.17) is 4.42 Å². The molecule has 0 aliphatic heterocycles. The maximum Gasteiger partial charge on any atom is 0.120 e. The van der Waals surface area contributed by atoms with Gasteiger partial charge in [0.25, 0.3) is 0 Å². The van der Waals surface area contributed by atoms with E-state index in [1.807, 2.05) is 43.0 Å². The molecule has 0 aliphatic rings. The number of aromatic nitrogens is 2. The summed E-state index contributed by atoms with van der Waals surface area (Å²) in [6, 6.07) is 6.30. The van der Waals surface area contributed by atoms with Gasteiger partial charge in [0.05, 0.1) is 11.7 Å². The molecule has 0 aliphatic carbocycles. The summed E-state index contributed by atoms with van der Waals surface area (Å²) in [6.45, 7) is 4.97. The zero-order chi connectivity index (χ0) is 12.3. The van der Waals surface area contributed by atoms with Crippen molar-refractivity contribution in [1.29, 1.82) is 0 Å². The van der Waals surface area contributed by atoms with Crippen LogP contribution < -0.4 is 5.32 Å². The number of rotatable bonds is 5. The van der Waals surface area contributed by atoms with Crippen molar-refractivity contribution in [3.05, 3.63) is 41.6 Å². The number of nitrogens with zero attached hydrogens (tertiary/aromatic N) is 2. The summed E-state index contributed by atoms with van der Waals surface area (Å²) in [5.74, 6) is 1.95. The SMILES string of the molecule is Cc1ccc(C(C)NCCc2ccn(C)n2)o1. The van der Waals surface area contributed by atoms with Gasteiger partial charge in [0.2, 0.25) is 0 Å². The third-order valence-electron chi connectivity index (χ3n) is 2.79. The fourth-order valence-corrected chi connectivity index (χ4v) is 1.80. The quantitative estimate of drug-likeness (QED) is 0.861. The molecule has 0 saturated carbocycles. The van der Waals surface area contributed by atoms with Crippen LogP contribution in [-0.2, 0) is 13.5 Å². The third-order valence-corrected chi connectivity index (χ3v) is 2.79. The fourth-order valence-electron chi connectivity index (χ4n) is 1.80. The first kappa shape index (κ1) is 11.9. The second kappa shape index (κ2) is 5.19. The standard InChI is InChI=1S/C13H19N3O/c1-10-4-5-13(17-10)11(2)14-8-6-12-7-9-16(3)15-12/h4-5,7,9,11,14H,6,8H2,1-3H3. The van der Waals surface area contributed by atoms with Crippen LogP contribution in [0.5, 0.6) is 0 Å². The molecule has 1 unspecified atom stereocenters. The van der Waals surface area contributed by atoms with E-state index >= 15 is 0 Å². The van der Waals surface area contributed by atoms with Crippen LogP contribution in [0.2, 0.25) is 0 Å². The minimum atomic E-state index is 0.243. The van der Waals surface area contributed by atoms with E-state index in [0.29, 0.717) is 0 Å². The molecule has 0 saturated heterocycles. The Hall–Kier alpha value is -1.55.